The Morgan fingerprint density at radius 3 is 2.46 bits per heavy atom. The third kappa shape index (κ3) is 3.90. The number of nitrogens with zero attached hydrogens (tertiary/aromatic N) is 5. The molecule has 1 aliphatic heterocycles. The van der Waals surface area contributed by atoms with Crippen molar-refractivity contribution in [3.8, 4) is 33.6 Å². The van der Waals surface area contributed by atoms with Gasteiger partial charge < -0.3 is 10.5 Å². The van der Waals surface area contributed by atoms with E-state index in [1.54, 1.807) is 0 Å². The molecule has 176 valence electrons. The van der Waals surface area contributed by atoms with Crippen LogP contribution in [0.1, 0.15) is 21.5 Å². The number of ether oxygens (including phenoxy) is 1. The van der Waals surface area contributed by atoms with Gasteiger partial charge in [-0.25, -0.2) is 9.97 Å². The summed E-state index contributed by atoms with van der Waals surface area (Å²) in [5, 5.41) is 4.58. The average Bonchev–Trinajstić information content (AvgIpc) is 3.46. The number of ketones is 1. The zero-order valence-electron chi connectivity index (χ0n) is 19.6. The highest BCUT2D eigenvalue weighted by Gasteiger charge is 2.34. The Labute approximate surface area is 203 Å². The van der Waals surface area contributed by atoms with Crippen LogP contribution < -0.4 is 5.73 Å². The number of morpholine rings is 1. The van der Waals surface area contributed by atoms with E-state index in [2.05, 4.69) is 20.0 Å². The molecule has 0 spiro atoms. The first-order valence-corrected chi connectivity index (χ1v) is 11.8. The molecule has 2 aromatic carbocycles. The molecule has 0 bridgehead atoms. The molecule has 35 heavy (non-hydrogen) atoms. The largest absolute Gasteiger partial charge is 0.379 e. The van der Waals surface area contributed by atoms with Gasteiger partial charge in [-0.1, -0.05) is 48.0 Å². The highest BCUT2D eigenvalue weighted by Crippen LogP contribution is 2.44. The predicted octanol–water partition coefficient (Wildman–Crippen LogP) is 3.44. The first kappa shape index (κ1) is 21.6. The fourth-order valence-electron chi connectivity index (χ4n) is 4.86. The lowest BCUT2D eigenvalue weighted by Crippen LogP contribution is -2.38. The maximum Gasteiger partial charge on any atom is 0.221 e. The fourth-order valence-corrected chi connectivity index (χ4v) is 4.86. The van der Waals surface area contributed by atoms with Crippen LogP contribution >= 0.6 is 0 Å². The summed E-state index contributed by atoms with van der Waals surface area (Å²) < 4.78 is 7.39. The number of nitrogen functional groups attached to an aromatic ring is 1. The maximum absolute atomic E-state index is 13.6. The van der Waals surface area contributed by atoms with Crippen molar-refractivity contribution in [2.24, 2.45) is 0 Å². The van der Waals surface area contributed by atoms with Gasteiger partial charge in [0.05, 0.1) is 42.9 Å². The summed E-state index contributed by atoms with van der Waals surface area (Å²) in [4.78, 5) is 25.0. The molecule has 3 heterocycles. The molecule has 8 heteroatoms. The second kappa shape index (κ2) is 8.72. The van der Waals surface area contributed by atoms with Gasteiger partial charge in [0, 0.05) is 48.1 Å². The van der Waals surface area contributed by atoms with Gasteiger partial charge in [-0.05, 0) is 12.5 Å². The Hall–Kier alpha value is -3.88. The van der Waals surface area contributed by atoms with Crippen molar-refractivity contribution >= 4 is 11.7 Å². The van der Waals surface area contributed by atoms with E-state index in [-0.39, 0.29) is 11.7 Å². The SMILES string of the molecule is Cc1ccc(-c2nc(N)nc3c2C(=O)c2cccc(-c4cnn(CCN5CCOCC5)c4)c2-3)cc1. The molecule has 1 saturated heterocycles. The highest BCUT2D eigenvalue weighted by atomic mass is 16.5. The molecule has 0 saturated carbocycles. The third-order valence-corrected chi connectivity index (χ3v) is 6.72. The normalized spacial score (nSPS) is 15.3. The lowest BCUT2D eigenvalue weighted by molar-refractivity contribution is 0.0360. The van der Waals surface area contributed by atoms with Gasteiger partial charge in [0.25, 0.3) is 0 Å². The number of anilines is 1. The number of aromatic nitrogens is 4. The van der Waals surface area contributed by atoms with Crippen LogP contribution in [0.5, 0.6) is 0 Å². The van der Waals surface area contributed by atoms with Gasteiger partial charge >= 0.3 is 0 Å². The van der Waals surface area contributed by atoms with Gasteiger partial charge in [0.2, 0.25) is 5.95 Å². The van der Waals surface area contributed by atoms with E-state index in [1.807, 2.05) is 66.5 Å². The van der Waals surface area contributed by atoms with Crippen LogP contribution in [0, 0.1) is 6.92 Å². The van der Waals surface area contributed by atoms with Crippen molar-refractivity contribution in [2.75, 3.05) is 38.6 Å². The number of hydrogen-bond donors (Lipinski definition) is 1. The summed E-state index contributed by atoms with van der Waals surface area (Å²) in [5.74, 6) is 0.0723. The number of fused-ring (bicyclic) bond motifs is 3. The van der Waals surface area contributed by atoms with Crippen LogP contribution in [0.3, 0.4) is 0 Å². The molecular weight excluding hydrogens is 440 g/mol. The van der Waals surface area contributed by atoms with Crippen molar-refractivity contribution in [3.05, 3.63) is 71.5 Å². The number of aryl methyl sites for hydroxylation is 1. The number of carbonyl (C=O) groups excluding carboxylic acids is 1. The minimum atomic E-state index is -0.0767. The summed E-state index contributed by atoms with van der Waals surface area (Å²) >= 11 is 0. The molecule has 1 aliphatic carbocycles. The second-order valence-corrected chi connectivity index (χ2v) is 9.02. The smallest absolute Gasteiger partial charge is 0.221 e. The maximum atomic E-state index is 13.6. The lowest BCUT2D eigenvalue weighted by atomic mass is 9.98. The van der Waals surface area contributed by atoms with Crippen LogP contribution in [-0.2, 0) is 11.3 Å². The zero-order chi connectivity index (χ0) is 23.9. The summed E-state index contributed by atoms with van der Waals surface area (Å²) in [5.41, 5.74) is 13.1. The molecule has 1 fully saturated rings. The van der Waals surface area contributed by atoms with Crippen LogP contribution in [0.4, 0.5) is 5.95 Å². The van der Waals surface area contributed by atoms with E-state index in [0.717, 1.165) is 67.2 Å². The van der Waals surface area contributed by atoms with Crippen molar-refractivity contribution < 1.29 is 9.53 Å². The van der Waals surface area contributed by atoms with E-state index in [1.165, 1.54) is 0 Å². The van der Waals surface area contributed by atoms with Gasteiger partial charge in [-0.2, -0.15) is 5.10 Å². The highest BCUT2D eigenvalue weighted by molar-refractivity contribution is 6.25. The van der Waals surface area contributed by atoms with Crippen molar-refractivity contribution in [2.45, 2.75) is 13.5 Å². The molecule has 2 aromatic heterocycles. The second-order valence-electron chi connectivity index (χ2n) is 9.02. The van der Waals surface area contributed by atoms with Crippen LogP contribution in [0.15, 0.2) is 54.9 Å². The molecule has 6 rings (SSSR count). The minimum absolute atomic E-state index is 0.0767. The monoisotopic (exact) mass is 466 g/mol. The summed E-state index contributed by atoms with van der Waals surface area (Å²) in [7, 11) is 0. The van der Waals surface area contributed by atoms with Gasteiger partial charge in [-0.15, -0.1) is 0 Å². The summed E-state index contributed by atoms with van der Waals surface area (Å²) in [6.45, 7) is 7.19. The minimum Gasteiger partial charge on any atom is -0.379 e. The fraction of sp³-hybridized carbons (Fsp3) is 0.259. The van der Waals surface area contributed by atoms with Gasteiger partial charge in [0.1, 0.15) is 0 Å². The topological polar surface area (TPSA) is 99.2 Å². The number of nitrogens with two attached hydrogens (primary N) is 1. The molecule has 0 radical (unpaired) electrons. The van der Waals surface area contributed by atoms with E-state index in [9.17, 15) is 4.79 Å². The van der Waals surface area contributed by atoms with Gasteiger partial charge in [-0.3, -0.25) is 14.4 Å². The van der Waals surface area contributed by atoms with Crippen LogP contribution in [0.25, 0.3) is 33.6 Å². The van der Waals surface area contributed by atoms with Crippen molar-refractivity contribution in [1.29, 1.82) is 0 Å². The Kier molecular flexibility index (Phi) is 5.39. The molecule has 2 N–H and O–H groups in total. The average molecular weight is 467 g/mol. The number of benzene rings is 2. The molecule has 4 aromatic rings. The quantitative estimate of drug-likeness (QED) is 0.424. The molecule has 0 unspecified atom stereocenters. The number of rotatable bonds is 5. The summed E-state index contributed by atoms with van der Waals surface area (Å²) in [6.07, 6.45) is 3.88. The first-order chi connectivity index (χ1) is 17.1. The van der Waals surface area contributed by atoms with Crippen LogP contribution in [0.2, 0.25) is 0 Å². The lowest BCUT2D eigenvalue weighted by Gasteiger charge is -2.26. The molecule has 0 atom stereocenters. The van der Waals surface area contributed by atoms with E-state index in [4.69, 9.17) is 10.5 Å². The van der Waals surface area contributed by atoms with E-state index < -0.39 is 0 Å². The zero-order valence-corrected chi connectivity index (χ0v) is 19.6. The Balaban J connectivity index is 1.39. The van der Waals surface area contributed by atoms with Crippen molar-refractivity contribution in [1.82, 2.24) is 24.6 Å². The van der Waals surface area contributed by atoms with Gasteiger partial charge in [0.15, 0.2) is 5.78 Å². The Bertz CT molecular complexity index is 1420. The Morgan fingerprint density at radius 1 is 0.914 bits per heavy atom. The Morgan fingerprint density at radius 2 is 1.66 bits per heavy atom. The summed E-state index contributed by atoms with van der Waals surface area (Å²) in [6, 6.07) is 13.7. The molecule has 8 nitrogen and oxygen atoms in total. The standard InChI is InChI=1S/C27H26N6O2/c1-17-5-7-18(8-6-17)24-23-25(31-27(28)30-24)22-20(3-2-4-21(22)26(23)34)19-15-29-33(16-19)10-9-32-11-13-35-14-12-32/h2-8,15-16H,9-14H2,1H3,(H2,28,30,31). The van der Waals surface area contributed by atoms with E-state index in [0.29, 0.717) is 22.5 Å². The molecule has 0 amide bonds. The number of carbonyl (C=O) groups is 1. The van der Waals surface area contributed by atoms with Crippen molar-refractivity contribution in [3.63, 3.8) is 0 Å². The predicted molar refractivity (Wildman–Crippen MR) is 134 cm³/mol. The molecule has 2 aliphatic rings. The first-order valence-electron chi connectivity index (χ1n) is 11.8. The van der Waals surface area contributed by atoms with Crippen LogP contribution in [-0.4, -0.2) is 63.3 Å². The molecular formula is C27H26N6O2. The third-order valence-electron chi connectivity index (χ3n) is 6.72. The van der Waals surface area contributed by atoms with E-state index >= 15 is 0 Å². The number of hydrogen-bond acceptors (Lipinski definition) is 7.